The van der Waals surface area contributed by atoms with Crippen LogP contribution in [0.2, 0.25) is 0 Å². The summed E-state index contributed by atoms with van der Waals surface area (Å²) in [5.74, 6) is 1.25. The van der Waals surface area contributed by atoms with E-state index in [2.05, 4.69) is 6.92 Å². The Morgan fingerprint density at radius 3 is 2.57 bits per heavy atom. The summed E-state index contributed by atoms with van der Waals surface area (Å²) in [5, 5.41) is 0. The van der Waals surface area contributed by atoms with Crippen LogP contribution >= 0.6 is 0 Å². The van der Waals surface area contributed by atoms with Gasteiger partial charge in [-0.15, -0.1) is 0 Å². The molecule has 1 fully saturated rings. The van der Waals surface area contributed by atoms with Crippen molar-refractivity contribution in [2.45, 2.75) is 52.1 Å². The largest absolute Gasteiger partial charge is 0.496 e. The monoisotopic (exact) mass is 290 g/mol. The fourth-order valence-corrected chi connectivity index (χ4v) is 3.60. The lowest BCUT2D eigenvalue weighted by Gasteiger charge is -2.38. The Kier molecular flexibility index (Phi) is 4.72. The van der Waals surface area contributed by atoms with Gasteiger partial charge in [-0.2, -0.15) is 0 Å². The van der Waals surface area contributed by atoms with Gasteiger partial charge in [0.1, 0.15) is 11.4 Å². The van der Waals surface area contributed by atoms with E-state index in [0.717, 1.165) is 30.4 Å². The molecule has 1 aromatic carbocycles. The molecule has 0 aliphatic heterocycles. The van der Waals surface area contributed by atoms with Crippen molar-refractivity contribution in [3.8, 4) is 5.75 Å². The van der Waals surface area contributed by atoms with Crippen LogP contribution in [0.3, 0.4) is 0 Å². The Bertz CT molecular complexity index is 536. The van der Waals surface area contributed by atoms with Crippen molar-refractivity contribution in [3.05, 3.63) is 28.8 Å². The van der Waals surface area contributed by atoms with Gasteiger partial charge in [0.2, 0.25) is 0 Å². The molecule has 0 spiro atoms. The van der Waals surface area contributed by atoms with Crippen molar-refractivity contribution in [1.29, 1.82) is 0 Å². The van der Waals surface area contributed by atoms with Crippen molar-refractivity contribution < 1.29 is 14.3 Å². The van der Waals surface area contributed by atoms with Crippen molar-refractivity contribution in [2.24, 2.45) is 5.92 Å². The summed E-state index contributed by atoms with van der Waals surface area (Å²) >= 11 is 0. The first-order valence-electron chi connectivity index (χ1n) is 7.68. The standard InChI is InChI=1S/C18H26O3/c1-12-7-6-8-18(11-12,21-5)17(19)16-14(3)9-13(2)10-15(16)20-4/h9-10,12H,6-8,11H2,1-5H3. The molecule has 3 nitrogen and oxygen atoms in total. The topological polar surface area (TPSA) is 35.5 Å². The van der Waals surface area contributed by atoms with Gasteiger partial charge in [0.15, 0.2) is 5.78 Å². The summed E-state index contributed by atoms with van der Waals surface area (Å²) < 4.78 is 11.2. The van der Waals surface area contributed by atoms with Gasteiger partial charge in [-0.25, -0.2) is 0 Å². The van der Waals surface area contributed by atoms with E-state index >= 15 is 0 Å². The average molecular weight is 290 g/mol. The molecule has 2 rings (SSSR count). The summed E-state index contributed by atoms with van der Waals surface area (Å²) in [5.41, 5.74) is 2.06. The van der Waals surface area contributed by atoms with Gasteiger partial charge in [-0.1, -0.05) is 19.4 Å². The molecule has 0 N–H and O–H groups in total. The highest BCUT2D eigenvalue weighted by molar-refractivity contribution is 6.06. The SMILES string of the molecule is COc1cc(C)cc(C)c1C(=O)C1(OC)CCCC(C)C1. The van der Waals surface area contributed by atoms with E-state index in [4.69, 9.17) is 9.47 Å². The molecule has 1 aliphatic rings. The molecule has 2 unspecified atom stereocenters. The molecule has 0 amide bonds. The second-order valence-electron chi connectivity index (χ2n) is 6.39. The third-order valence-corrected chi connectivity index (χ3v) is 4.65. The Hall–Kier alpha value is -1.35. The summed E-state index contributed by atoms with van der Waals surface area (Å²) in [6, 6.07) is 3.96. The van der Waals surface area contributed by atoms with Crippen molar-refractivity contribution in [1.82, 2.24) is 0 Å². The predicted molar refractivity (Wildman–Crippen MR) is 84.2 cm³/mol. The van der Waals surface area contributed by atoms with Crippen molar-refractivity contribution in [2.75, 3.05) is 14.2 Å². The molecule has 1 saturated carbocycles. The van der Waals surface area contributed by atoms with E-state index in [1.165, 1.54) is 6.42 Å². The zero-order valence-corrected chi connectivity index (χ0v) is 13.8. The molecule has 21 heavy (non-hydrogen) atoms. The lowest BCUT2D eigenvalue weighted by Crippen LogP contribution is -2.45. The van der Waals surface area contributed by atoms with Crippen LogP contribution in [0.4, 0.5) is 0 Å². The highest BCUT2D eigenvalue weighted by Crippen LogP contribution is 2.39. The first-order valence-corrected chi connectivity index (χ1v) is 7.68. The molecule has 3 heteroatoms. The molecule has 1 aromatic rings. The first-order chi connectivity index (χ1) is 9.93. The van der Waals surface area contributed by atoms with Crippen LogP contribution in [-0.4, -0.2) is 25.6 Å². The molecule has 0 radical (unpaired) electrons. The summed E-state index contributed by atoms with van der Waals surface area (Å²) in [6.45, 7) is 6.18. The summed E-state index contributed by atoms with van der Waals surface area (Å²) in [6.07, 6.45) is 3.79. The number of hydrogen-bond acceptors (Lipinski definition) is 3. The number of methoxy groups -OCH3 is 2. The van der Waals surface area contributed by atoms with Crippen LogP contribution in [0.25, 0.3) is 0 Å². The van der Waals surface area contributed by atoms with Crippen LogP contribution in [-0.2, 0) is 4.74 Å². The Balaban J connectivity index is 2.47. The van der Waals surface area contributed by atoms with Gasteiger partial charge in [-0.3, -0.25) is 4.79 Å². The highest BCUT2D eigenvalue weighted by atomic mass is 16.5. The Morgan fingerprint density at radius 2 is 2.00 bits per heavy atom. The maximum absolute atomic E-state index is 13.2. The van der Waals surface area contributed by atoms with Crippen LogP contribution in [0, 0.1) is 19.8 Å². The van der Waals surface area contributed by atoms with Gasteiger partial charge in [0.05, 0.1) is 12.7 Å². The molecule has 0 bridgehead atoms. The maximum atomic E-state index is 13.2. The Morgan fingerprint density at radius 1 is 1.29 bits per heavy atom. The number of carbonyl (C=O) groups is 1. The van der Waals surface area contributed by atoms with Crippen LogP contribution in [0.1, 0.15) is 54.1 Å². The third-order valence-electron chi connectivity index (χ3n) is 4.65. The second-order valence-corrected chi connectivity index (χ2v) is 6.39. The smallest absolute Gasteiger partial charge is 0.198 e. The lowest BCUT2D eigenvalue weighted by atomic mass is 9.74. The first kappa shape index (κ1) is 16.0. The fourth-order valence-electron chi connectivity index (χ4n) is 3.60. The number of hydrogen-bond donors (Lipinski definition) is 0. The van der Waals surface area contributed by atoms with Gasteiger partial charge in [0, 0.05) is 7.11 Å². The lowest BCUT2D eigenvalue weighted by molar-refractivity contribution is -0.0304. The number of rotatable bonds is 4. The Labute approximate surface area is 127 Å². The predicted octanol–water partition coefficient (Wildman–Crippen LogP) is 4.09. The number of aryl methyl sites for hydroxylation is 2. The molecule has 0 saturated heterocycles. The van der Waals surface area contributed by atoms with E-state index in [9.17, 15) is 4.79 Å². The quantitative estimate of drug-likeness (QED) is 0.783. The fraction of sp³-hybridized carbons (Fsp3) is 0.611. The van der Waals surface area contributed by atoms with E-state index in [-0.39, 0.29) is 5.78 Å². The molecular weight excluding hydrogens is 264 g/mol. The number of carbonyl (C=O) groups excluding carboxylic acids is 1. The van der Waals surface area contributed by atoms with Crippen molar-refractivity contribution in [3.63, 3.8) is 0 Å². The van der Waals surface area contributed by atoms with Gasteiger partial charge < -0.3 is 9.47 Å². The highest BCUT2D eigenvalue weighted by Gasteiger charge is 2.43. The molecule has 0 aromatic heterocycles. The summed E-state index contributed by atoms with van der Waals surface area (Å²) in [4.78, 5) is 13.2. The van der Waals surface area contributed by atoms with Crippen molar-refractivity contribution >= 4 is 5.78 Å². The third kappa shape index (κ3) is 2.98. The normalized spacial score (nSPS) is 25.7. The number of benzene rings is 1. The number of ketones is 1. The van der Waals surface area contributed by atoms with E-state index in [0.29, 0.717) is 17.2 Å². The van der Waals surface area contributed by atoms with E-state index in [1.807, 2.05) is 26.0 Å². The van der Waals surface area contributed by atoms with Crippen LogP contribution in [0.15, 0.2) is 12.1 Å². The summed E-state index contributed by atoms with van der Waals surface area (Å²) in [7, 11) is 3.28. The second kappa shape index (κ2) is 6.18. The molecule has 1 aliphatic carbocycles. The maximum Gasteiger partial charge on any atom is 0.198 e. The minimum atomic E-state index is -0.690. The zero-order valence-electron chi connectivity index (χ0n) is 13.8. The van der Waals surface area contributed by atoms with Gasteiger partial charge in [-0.05, 0) is 56.2 Å². The molecule has 116 valence electrons. The molecule has 0 heterocycles. The van der Waals surface area contributed by atoms with Gasteiger partial charge >= 0.3 is 0 Å². The minimum absolute atomic E-state index is 0.0749. The number of ether oxygens (including phenoxy) is 2. The van der Waals surface area contributed by atoms with E-state index in [1.54, 1.807) is 14.2 Å². The molecular formula is C18H26O3. The van der Waals surface area contributed by atoms with Crippen LogP contribution < -0.4 is 4.74 Å². The van der Waals surface area contributed by atoms with E-state index < -0.39 is 5.60 Å². The minimum Gasteiger partial charge on any atom is -0.496 e. The zero-order chi connectivity index (χ0) is 15.6. The number of Topliss-reactive ketones (excluding diaryl/α,β-unsaturated/α-hetero) is 1. The molecule has 2 atom stereocenters. The van der Waals surface area contributed by atoms with Gasteiger partial charge in [0.25, 0.3) is 0 Å². The average Bonchev–Trinajstić information content (AvgIpc) is 2.45. The van der Waals surface area contributed by atoms with Crippen LogP contribution in [0.5, 0.6) is 5.75 Å².